The Morgan fingerprint density at radius 1 is 1.32 bits per heavy atom. The van der Waals surface area contributed by atoms with Crippen molar-refractivity contribution in [1.82, 2.24) is 19.6 Å². The number of carbonyl (C=O) groups excluding carboxylic acids is 1. The molecule has 19 heavy (non-hydrogen) atoms. The molecule has 5 nitrogen and oxygen atoms in total. The number of hydrogen-bond donors (Lipinski definition) is 0. The number of allylic oxidation sites excluding steroid dienone is 1. The minimum atomic E-state index is 0.131. The summed E-state index contributed by atoms with van der Waals surface area (Å²) in [6.45, 7) is 1.75. The topological polar surface area (TPSA) is 41.4 Å². The molecule has 0 saturated heterocycles. The van der Waals surface area contributed by atoms with Crippen LogP contribution in [-0.4, -0.2) is 60.1 Å². The van der Waals surface area contributed by atoms with Crippen molar-refractivity contribution in [1.29, 1.82) is 0 Å². The molecule has 0 unspecified atom stereocenters. The number of fused-ring (bicyclic) bond motifs is 1. The lowest BCUT2D eigenvalue weighted by molar-refractivity contribution is 0.102. The summed E-state index contributed by atoms with van der Waals surface area (Å²) >= 11 is 0. The largest absolute Gasteiger partial charge is 0.383 e. The summed E-state index contributed by atoms with van der Waals surface area (Å²) in [5.74, 6) is 0.131. The SMILES string of the molecule is CN(C)/C=C1/CCc2nn(CCN(C)C)cc2C1=O. The maximum absolute atomic E-state index is 12.3. The number of nitrogens with zero attached hydrogens (tertiary/aromatic N) is 4. The fourth-order valence-corrected chi connectivity index (χ4v) is 2.23. The van der Waals surface area contributed by atoms with E-state index in [1.54, 1.807) is 0 Å². The van der Waals surface area contributed by atoms with Gasteiger partial charge < -0.3 is 9.80 Å². The molecule has 1 heterocycles. The highest BCUT2D eigenvalue weighted by Crippen LogP contribution is 2.24. The Bertz CT molecular complexity index is 500. The number of aryl methyl sites for hydroxylation is 1. The van der Waals surface area contributed by atoms with Crippen LogP contribution >= 0.6 is 0 Å². The third-order valence-corrected chi connectivity index (χ3v) is 3.20. The molecule has 5 heteroatoms. The summed E-state index contributed by atoms with van der Waals surface area (Å²) in [4.78, 5) is 16.4. The molecule has 0 saturated carbocycles. The highest BCUT2D eigenvalue weighted by Gasteiger charge is 2.25. The molecule has 2 rings (SSSR count). The molecule has 0 aromatic carbocycles. The first kappa shape index (κ1) is 13.8. The molecule has 0 radical (unpaired) electrons. The summed E-state index contributed by atoms with van der Waals surface area (Å²) in [5.41, 5.74) is 2.60. The molecule has 0 aliphatic heterocycles. The van der Waals surface area contributed by atoms with Gasteiger partial charge in [0.05, 0.1) is 17.8 Å². The number of likely N-dealkylation sites (N-methyl/N-ethyl adjacent to an activating group) is 1. The second-order valence-corrected chi connectivity index (χ2v) is 5.50. The lowest BCUT2D eigenvalue weighted by atomic mass is 9.92. The second-order valence-electron chi connectivity index (χ2n) is 5.50. The average molecular weight is 262 g/mol. The Labute approximate surface area is 114 Å². The van der Waals surface area contributed by atoms with E-state index in [0.717, 1.165) is 42.8 Å². The van der Waals surface area contributed by atoms with Crippen LogP contribution in [-0.2, 0) is 13.0 Å². The zero-order valence-corrected chi connectivity index (χ0v) is 12.2. The number of Topliss-reactive ketones (excluding diaryl/α,β-unsaturated/α-hetero) is 1. The van der Waals surface area contributed by atoms with Gasteiger partial charge in [-0.1, -0.05) is 0 Å². The van der Waals surface area contributed by atoms with Crippen LogP contribution in [0.5, 0.6) is 0 Å². The second kappa shape index (κ2) is 5.57. The molecule has 1 aromatic rings. The maximum Gasteiger partial charge on any atom is 0.193 e. The summed E-state index contributed by atoms with van der Waals surface area (Å²) in [6, 6.07) is 0. The van der Waals surface area contributed by atoms with E-state index in [9.17, 15) is 4.79 Å². The van der Waals surface area contributed by atoms with E-state index >= 15 is 0 Å². The zero-order chi connectivity index (χ0) is 14.0. The van der Waals surface area contributed by atoms with E-state index in [-0.39, 0.29) is 5.78 Å². The van der Waals surface area contributed by atoms with Crippen LogP contribution < -0.4 is 0 Å². The number of rotatable bonds is 4. The van der Waals surface area contributed by atoms with E-state index in [1.807, 2.05) is 50.2 Å². The first-order chi connectivity index (χ1) is 8.97. The monoisotopic (exact) mass is 262 g/mol. The highest BCUT2D eigenvalue weighted by molar-refractivity contribution is 6.10. The van der Waals surface area contributed by atoms with E-state index in [2.05, 4.69) is 10.00 Å². The molecule has 1 aliphatic carbocycles. The highest BCUT2D eigenvalue weighted by atomic mass is 16.1. The van der Waals surface area contributed by atoms with Gasteiger partial charge in [0.2, 0.25) is 0 Å². The van der Waals surface area contributed by atoms with Gasteiger partial charge in [0, 0.05) is 38.6 Å². The number of ketones is 1. The van der Waals surface area contributed by atoms with E-state index in [4.69, 9.17) is 0 Å². The maximum atomic E-state index is 12.3. The van der Waals surface area contributed by atoms with Crippen molar-refractivity contribution >= 4 is 5.78 Å². The Kier molecular flexibility index (Phi) is 4.04. The van der Waals surface area contributed by atoms with Crippen molar-refractivity contribution in [3.8, 4) is 0 Å². The van der Waals surface area contributed by atoms with Crippen molar-refractivity contribution in [2.45, 2.75) is 19.4 Å². The smallest absolute Gasteiger partial charge is 0.193 e. The van der Waals surface area contributed by atoms with Crippen molar-refractivity contribution in [3.05, 3.63) is 29.2 Å². The van der Waals surface area contributed by atoms with Gasteiger partial charge in [0.15, 0.2) is 5.78 Å². The predicted octanol–water partition coefficient (Wildman–Crippen LogP) is 1.02. The molecule has 0 amide bonds. The molecule has 0 N–H and O–H groups in total. The lowest BCUT2D eigenvalue weighted by Crippen LogP contribution is -2.18. The van der Waals surface area contributed by atoms with Crippen LogP contribution in [0.3, 0.4) is 0 Å². The van der Waals surface area contributed by atoms with Crippen LogP contribution in [0.1, 0.15) is 22.5 Å². The summed E-state index contributed by atoms with van der Waals surface area (Å²) in [6.07, 6.45) is 5.46. The van der Waals surface area contributed by atoms with Crippen LogP contribution in [0.25, 0.3) is 0 Å². The Morgan fingerprint density at radius 3 is 2.68 bits per heavy atom. The Balaban J connectivity index is 2.18. The number of hydrogen-bond acceptors (Lipinski definition) is 4. The summed E-state index contributed by atoms with van der Waals surface area (Å²) in [5, 5.41) is 4.52. The summed E-state index contributed by atoms with van der Waals surface area (Å²) < 4.78 is 1.89. The number of carbonyl (C=O) groups is 1. The van der Waals surface area contributed by atoms with Crippen LogP contribution in [0.4, 0.5) is 0 Å². The fourth-order valence-electron chi connectivity index (χ4n) is 2.23. The molecule has 104 valence electrons. The van der Waals surface area contributed by atoms with E-state index < -0.39 is 0 Å². The molecular weight excluding hydrogens is 240 g/mol. The molecule has 0 spiro atoms. The lowest BCUT2D eigenvalue weighted by Gasteiger charge is -2.14. The van der Waals surface area contributed by atoms with Crippen LogP contribution in [0.15, 0.2) is 18.0 Å². The molecule has 0 atom stereocenters. The van der Waals surface area contributed by atoms with E-state index in [0.29, 0.717) is 0 Å². The molecule has 1 aliphatic rings. The fraction of sp³-hybridized carbons (Fsp3) is 0.571. The Morgan fingerprint density at radius 2 is 2.05 bits per heavy atom. The first-order valence-corrected chi connectivity index (χ1v) is 6.60. The van der Waals surface area contributed by atoms with Gasteiger partial charge >= 0.3 is 0 Å². The van der Waals surface area contributed by atoms with Gasteiger partial charge in [-0.2, -0.15) is 5.10 Å². The van der Waals surface area contributed by atoms with Gasteiger partial charge in [-0.25, -0.2) is 0 Å². The quantitative estimate of drug-likeness (QED) is 0.760. The van der Waals surface area contributed by atoms with Crippen molar-refractivity contribution in [2.24, 2.45) is 0 Å². The van der Waals surface area contributed by atoms with Gasteiger partial charge in [-0.3, -0.25) is 9.48 Å². The molecule has 0 bridgehead atoms. The van der Waals surface area contributed by atoms with Crippen LogP contribution in [0.2, 0.25) is 0 Å². The van der Waals surface area contributed by atoms with Crippen molar-refractivity contribution < 1.29 is 4.79 Å². The van der Waals surface area contributed by atoms with Gasteiger partial charge in [0.1, 0.15) is 0 Å². The predicted molar refractivity (Wildman–Crippen MR) is 75.2 cm³/mol. The third-order valence-electron chi connectivity index (χ3n) is 3.20. The third kappa shape index (κ3) is 3.23. The van der Waals surface area contributed by atoms with Gasteiger partial charge in [0.25, 0.3) is 0 Å². The standard InChI is InChI=1S/C14H22N4O/c1-16(2)7-8-18-10-12-13(15-18)6-5-11(14(12)19)9-17(3)4/h9-10H,5-8H2,1-4H3/b11-9-. The Hall–Kier alpha value is -1.62. The average Bonchev–Trinajstić information content (AvgIpc) is 2.74. The molecule has 0 fully saturated rings. The van der Waals surface area contributed by atoms with Crippen molar-refractivity contribution in [2.75, 3.05) is 34.7 Å². The van der Waals surface area contributed by atoms with Crippen molar-refractivity contribution in [3.63, 3.8) is 0 Å². The minimum Gasteiger partial charge on any atom is -0.383 e. The van der Waals surface area contributed by atoms with Crippen LogP contribution in [0, 0.1) is 0 Å². The molecule has 1 aromatic heterocycles. The minimum absolute atomic E-state index is 0.131. The molecular formula is C14H22N4O. The van der Waals surface area contributed by atoms with Gasteiger partial charge in [-0.15, -0.1) is 0 Å². The number of aromatic nitrogens is 2. The first-order valence-electron chi connectivity index (χ1n) is 6.60. The summed E-state index contributed by atoms with van der Waals surface area (Å²) in [7, 11) is 7.95. The van der Waals surface area contributed by atoms with Gasteiger partial charge in [-0.05, 0) is 26.9 Å². The van der Waals surface area contributed by atoms with E-state index in [1.165, 1.54) is 0 Å². The normalized spacial score (nSPS) is 17.1. The zero-order valence-electron chi connectivity index (χ0n) is 12.2.